The molecular weight excluding hydrogens is 340 g/mol. The van der Waals surface area contributed by atoms with Crippen molar-refractivity contribution in [3.63, 3.8) is 0 Å². The van der Waals surface area contributed by atoms with Gasteiger partial charge >= 0.3 is 18.0 Å². The average molecular weight is 366 g/mol. The van der Waals surface area contributed by atoms with Crippen LogP contribution in [0.2, 0.25) is 0 Å². The summed E-state index contributed by atoms with van der Waals surface area (Å²) >= 11 is 0. The van der Waals surface area contributed by atoms with Crippen molar-refractivity contribution in [3.05, 3.63) is 28.8 Å². The fourth-order valence-corrected chi connectivity index (χ4v) is 2.14. The van der Waals surface area contributed by atoms with Crippen LogP contribution >= 0.6 is 0 Å². The fraction of sp³-hybridized carbons (Fsp3) is 0.500. The van der Waals surface area contributed by atoms with Crippen LogP contribution in [0.1, 0.15) is 37.5 Å². The van der Waals surface area contributed by atoms with Gasteiger partial charge in [-0.15, -0.1) is 0 Å². The number of carbonyl (C=O) groups is 3. The molecule has 0 fully saturated rings. The number of amides is 1. The summed E-state index contributed by atoms with van der Waals surface area (Å²) in [6.45, 7) is 8.63. The summed E-state index contributed by atoms with van der Waals surface area (Å²) in [5.41, 5.74) is 2.17. The molecule has 0 saturated carbocycles. The highest BCUT2D eigenvalue weighted by Crippen LogP contribution is 2.23. The molecule has 1 aromatic carbocycles. The van der Waals surface area contributed by atoms with E-state index in [-0.39, 0.29) is 19.7 Å². The van der Waals surface area contributed by atoms with E-state index < -0.39 is 23.6 Å². The monoisotopic (exact) mass is 366 g/mol. The van der Waals surface area contributed by atoms with Crippen LogP contribution < -0.4 is 10.6 Å². The van der Waals surface area contributed by atoms with Crippen molar-refractivity contribution >= 4 is 23.7 Å². The quantitative estimate of drug-likeness (QED) is 0.635. The van der Waals surface area contributed by atoms with E-state index in [4.69, 9.17) is 14.6 Å². The number of aryl methyl sites for hydroxylation is 1. The maximum absolute atomic E-state index is 11.8. The van der Waals surface area contributed by atoms with Crippen molar-refractivity contribution in [2.45, 2.75) is 46.8 Å². The first kappa shape index (κ1) is 21.4. The average Bonchev–Trinajstić information content (AvgIpc) is 2.48. The van der Waals surface area contributed by atoms with Crippen LogP contribution in [0.3, 0.4) is 0 Å². The number of nitrogens with one attached hydrogen (secondary N) is 2. The number of ether oxygens (including phenoxy) is 2. The molecule has 3 N–H and O–H groups in total. The summed E-state index contributed by atoms with van der Waals surface area (Å²) < 4.78 is 10.3. The van der Waals surface area contributed by atoms with Gasteiger partial charge in [-0.05, 0) is 51.8 Å². The van der Waals surface area contributed by atoms with Gasteiger partial charge in [0.1, 0.15) is 12.2 Å². The third-order valence-electron chi connectivity index (χ3n) is 3.45. The van der Waals surface area contributed by atoms with Gasteiger partial charge in [-0.2, -0.15) is 0 Å². The lowest BCUT2D eigenvalue weighted by atomic mass is 10.0. The first-order valence-corrected chi connectivity index (χ1v) is 8.17. The molecule has 0 aliphatic heterocycles. The standard InChI is InChI=1S/C18H26N2O6/c1-11-6-7-14(20-17(23)24)13(12(11)2)10-25-15(21)8-19-9-16(22)26-18(3,4)5/h6-7,19-20H,8-10H2,1-5H3,(H,23,24). The second-order valence-electron chi connectivity index (χ2n) is 6.81. The second kappa shape index (κ2) is 9.19. The van der Waals surface area contributed by atoms with Gasteiger partial charge in [0.05, 0.1) is 18.8 Å². The van der Waals surface area contributed by atoms with Gasteiger partial charge in [-0.25, -0.2) is 4.79 Å². The second-order valence-corrected chi connectivity index (χ2v) is 6.81. The van der Waals surface area contributed by atoms with Crippen LogP contribution in [0.25, 0.3) is 0 Å². The van der Waals surface area contributed by atoms with E-state index in [1.165, 1.54) is 0 Å². The van der Waals surface area contributed by atoms with Gasteiger partial charge in [-0.3, -0.25) is 20.2 Å². The number of rotatable bonds is 7. The van der Waals surface area contributed by atoms with Crippen LogP contribution in [0.4, 0.5) is 10.5 Å². The molecule has 0 spiro atoms. The molecule has 0 radical (unpaired) electrons. The van der Waals surface area contributed by atoms with Crippen LogP contribution in [0.15, 0.2) is 12.1 Å². The molecule has 1 amide bonds. The van der Waals surface area contributed by atoms with Crippen molar-refractivity contribution < 1.29 is 29.0 Å². The molecule has 0 saturated heterocycles. The number of benzene rings is 1. The van der Waals surface area contributed by atoms with E-state index in [0.29, 0.717) is 11.3 Å². The molecule has 1 aromatic rings. The van der Waals surface area contributed by atoms with Gasteiger partial charge < -0.3 is 14.6 Å². The summed E-state index contributed by atoms with van der Waals surface area (Å²) in [5.74, 6) is -1.02. The minimum Gasteiger partial charge on any atom is -0.465 e. The minimum absolute atomic E-state index is 0.0733. The molecule has 8 heteroatoms. The van der Waals surface area contributed by atoms with Gasteiger partial charge in [0.15, 0.2) is 0 Å². The van der Waals surface area contributed by atoms with E-state index in [1.807, 2.05) is 13.8 Å². The van der Waals surface area contributed by atoms with E-state index >= 15 is 0 Å². The Morgan fingerprint density at radius 2 is 1.69 bits per heavy atom. The number of hydrogen-bond acceptors (Lipinski definition) is 6. The van der Waals surface area contributed by atoms with Gasteiger partial charge in [0, 0.05) is 5.56 Å². The first-order valence-electron chi connectivity index (χ1n) is 8.17. The smallest absolute Gasteiger partial charge is 0.409 e. The zero-order chi connectivity index (χ0) is 19.9. The highest BCUT2D eigenvalue weighted by molar-refractivity contribution is 5.84. The Morgan fingerprint density at radius 1 is 1.08 bits per heavy atom. The maximum atomic E-state index is 11.8. The van der Waals surface area contributed by atoms with Crippen LogP contribution in [-0.2, 0) is 25.7 Å². The predicted molar refractivity (Wildman–Crippen MR) is 96.1 cm³/mol. The predicted octanol–water partition coefficient (Wildman–Crippen LogP) is 2.37. The number of carbonyl (C=O) groups excluding carboxylic acids is 2. The van der Waals surface area contributed by atoms with Crippen molar-refractivity contribution in [1.82, 2.24) is 5.32 Å². The SMILES string of the molecule is Cc1ccc(NC(=O)O)c(COC(=O)CNCC(=O)OC(C)(C)C)c1C. The van der Waals surface area contributed by atoms with Crippen molar-refractivity contribution in [2.75, 3.05) is 18.4 Å². The van der Waals surface area contributed by atoms with Crippen molar-refractivity contribution in [3.8, 4) is 0 Å². The Balaban J connectivity index is 2.56. The lowest BCUT2D eigenvalue weighted by Crippen LogP contribution is -2.34. The molecule has 0 heterocycles. The number of esters is 2. The van der Waals surface area contributed by atoms with Gasteiger partial charge in [-0.1, -0.05) is 6.07 Å². The Morgan fingerprint density at radius 3 is 2.27 bits per heavy atom. The van der Waals surface area contributed by atoms with Crippen molar-refractivity contribution in [2.24, 2.45) is 0 Å². The number of carboxylic acid groups (broad SMARTS) is 1. The lowest BCUT2D eigenvalue weighted by molar-refractivity contribution is -0.153. The Labute approximate surface area is 152 Å². The molecule has 1 rings (SSSR count). The normalized spacial score (nSPS) is 11.0. The maximum Gasteiger partial charge on any atom is 0.409 e. The minimum atomic E-state index is -1.19. The molecule has 26 heavy (non-hydrogen) atoms. The summed E-state index contributed by atoms with van der Waals surface area (Å²) in [7, 11) is 0. The number of anilines is 1. The fourth-order valence-electron chi connectivity index (χ4n) is 2.14. The third-order valence-corrected chi connectivity index (χ3v) is 3.45. The Kier molecular flexibility index (Phi) is 7.57. The molecule has 0 aliphatic carbocycles. The van der Waals surface area contributed by atoms with Crippen molar-refractivity contribution in [1.29, 1.82) is 0 Å². The van der Waals surface area contributed by atoms with Crippen LogP contribution in [0.5, 0.6) is 0 Å². The third kappa shape index (κ3) is 7.52. The lowest BCUT2D eigenvalue weighted by Gasteiger charge is -2.19. The molecule has 0 aliphatic rings. The van der Waals surface area contributed by atoms with E-state index in [0.717, 1.165) is 11.1 Å². The summed E-state index contributed by atoms with van der Waals surface area (Å²) in [5, 5.41) is 13.9. The molecule has 0 bridgehead atoms. The Bertz CT molecular complexity index is 679. The molecule has 0 unspecified atom stereocenters. The van der Waals surface area contributed by atoms with Gasteiger partial charge in [0.2, 0.25) is 0 Å². The zero-order valence-corrected chi connectivity index (χ0v) is 15.8. The van der Waals surface area contributed by atoms with Crippen LogP contribution in [0, 0.1) is 13.8 Å². The van der Waals surface area contributed by atoms with E-state index in [1.54, 1.807) is 32.9 Å². The number of hydrogen-bond donors (Lipinski definition) is 3. The largest absolute Gasteiger partial charge is 0.465 e. The molecule has 8 nitrogen and oxygen atoms in total. The first-order chi connectivity index (χ1) is 12.0. The molecule has 0 atom stereocenters. The summed E-state index contributed by atoms with van der Waals surface area (Å²) in [6.07, 6.45) is -1.19. The molecular formula is C18H26N2O6. The topological polar surface area (TPSA) is 114 Å². The van der Waals surface area contributed by atoms with Gasteiger partial charge in [0.25, 0.3) is 0 Å². The summed E-state index contributed by atoms with van der Waals surface area (Å²) in [6, 6.07) is 3.41. The highest BCUT2D eigenvalue weighted by atomic mass is 16.6. The molecule has 0 aromatic heterocycles. The molecule has 144 valence electrons. The zero-order valence-electron chi connectivity index (χ0n) is 15.8. The summed E-state index contributed by atoms with van der Waals surface area (Å²) in [4.78, 5) is 34.3. The van der Waals surface area contributed by atoms with Crippen LogP contribution in [-0.4, -0.2) is 41.8 Å². The highest BCUT2D eigenvalue weighted by Gasteiger charge is 2.17. The Hall–Kier alpha value is -2.61. The van der Waals surface area contributed by atoms with E-state index in [2.05, 4.69) is 10.6 Å². The van der Waals surface area contributed by atoms with E-state index in [9.17, 15) is 14.4 Å².